The fourth-order valence-electron chi connectivity index (χ4n) is 2.56. The van der Waals surface area contributed by atoms with Crippen molar-refractivity contribution in [1.29, 1.82) is 0 Å². The highest BCUT2D eigenvalue weighted by Crippen LogP contribution is 2.19. The zero-order valence-corrected chi connectivity index (χ0v) is 13.8. The topological polar surface area (TPSA) is 50.4 Å². The second-order valence-electron chi connectivity index (χ2n) is 7.34. The molecule has 1 fully saturated rings. The van der Waals surface area contributed by atoms with E-state index in [-0.39, 0.29) is 12.1 Å². The Morgan fingerprint density at radius 2 is 1.90 bits per heavy atom. The van der Waals surface area contributed by atoms with Gasteiger partial charge in [0.25, 0.3) is 0 Å². The van der Waals surface area contributed by atoms with Gasteiger partial charge in [0.15, 0.2) is 0 Å². The number of hydrogen-bond donors (Lipinski definition) is 2. The van der Waals surface area contributed by atoms with Crippen LogP contribution in [0.3, 0.4) is 0 Å². The molecule has 4 heteroatoms. The standard InChI is InChI=1S/C16H32N2O2/c1-12(2)9-10-17-13-7-6-8-14(11-13)18-15(19)20-16(3,4)5/h12-14,17H,6-11H2,1-5H3,(H,18,19). The molecule has 1 amide bonds. The summed E-state index contributed by atoms with van der Waals surface area (Å²) in [4.78, 5) is 11.8. The van der Waals surface area contributed by atoms with Gasteiger partial charge in [0.05, 0.1) is 0 Å². The monoisotopic (exact) mass is 284 g/mol. The van der Waals surface area contributed by atoms with E-state index in [1.54, 1.807) is 0 Å². The van der Waals surface area contributed by atoms with Crippen LogP contribution in [0.1, 0.15) is 66.7 Å². The Hall–Kier alpha value is -0.770. The number of nitrogens with one attached hydrogen (secondary N) is 2. The maximum atomic E-state index is 11.8. The average molecular weight is 284 g/mol. The summed E-state index contributed by atoms with van der Waals surface area (Å²) in [7, 11) is 0. The molecule has 0 aromatic rings. The molecule has 2 N–H and O–H groups in total. The Kier molecular flexibility index (Phi) is 6.80. The zero-order chi connectivity index (χ0) is 15.2. The van der Waals surface area contributed by atoms with Crippen molar-refractivity contribution >= 4 is 6.09 Å². The Labute approximate surface area is 124 Å². The molecule has 0 spiro atoms. The lowest BCUT2D eigenvalue weighted by atomic mass is 9.91. The van der Waals surface area contributed by atoms with Gasteiger partial charge in [-0.3, -0.25) is 0 Å². The molecule has 0 bridgehead atoms. The van der Waals surface area contributed by atoms with Crippen LogP contribution in [-0.4, -0.2) is 30.3 Å². The molecular weight excluding hydrogens is 252 g/mol. The lowest BCUT2D eigenvalue weighted by molar-refractivity contribution is 0.0488. The third-order valence-corrected chi connectivity index (χ3v) is 3.55. The van der Waals surface area contributed by atoms with E-state index in [2.05, 4.69) is 24.5 Å². The number of ether oxygens (including phenoxy) is 1. The van der Waals surface area contributed by atoms with Crippen molar-refractivity contribution in [3.05, 3.63) is 0 Å². The molecule has 20 heavy (non-hydrogen) atoms. The normalized spacial score (nSPS) is 23.7. The van der Waals surface area contributed by atoms with E-state index >= 15 is 0 Å². The number of amides is 1. The van der Waals surface area contributed by atoms with Gasteiger partial charge in [-0.2, -0.15) is 0 Å². The molecule has 2 atom stereocenters. The summed E-state index contributed by atoms with van der Waals surface area (Å²) in [5.41, 5.74) is -0.423. The molecule has 0 radical (unpaired) electrons. The Morgan fingerprint density at radius 1 is 1.25 bits per heavy atom. The first-order valence-electron chi connectivity index (χ1n) is 7.99. The van der Waals surface area contributed by atoms with Crippen molar-refractivity contribution in [1.82, 2.24) is 10.6 Å². The number of carbonyl (C=O) groups excluding carboxylic acids is 1. The summed E-state index contributed by atoms with van der Waals surface area (Å²) in [6.45, 7) is 11.2. The fraction of sp³-hybridized carbons (Fsp3) is 0.938. The molecule has 1 aliphatic rings. The molecule has 4 nitrogen and oxygen atoms in total. The highest BCUT2D eigenvalue weighted by molar-refractivity contribution is 5.68. The molecule has 0 aromatic carbocycles. The third-order valence-electron chi connectivity index (χ3n) is 3.55. The highest BCUT2D eigenvalue weighted by atomic mass is 16.6. The molecule has 118 valence electrons. The van der Waals surface area contributed by atoms with Crippen LogP contribution >= 0.6 is 0 Å². The smallest absolute Gasteiger partial charge is 0.407 e. The molecule has 1 rings (SSSR count). The Bertz CT molecular complexity index is 297. The minimum atomic E-state index is -0.423. The second-order valence-corrected chi connectivity index (χ2v) is 7.34. The van der Waals surface area contributed by atoms with Gasteiger partial charge in [0.1, 0.15) is 5.60 Å². The van der Waals surface area contributed by atoms with Gasteiger partial charge in [-0.15, -0.1) is 0 Å². The molecule has 0 aliphatic heterocycles. The number of alkyl carbamates (subject to hydrolysis) is 1. The first-order chi connectivity index (χ1) is 9.26. The quantitative estimate of drug-likeness (QED) is 0.813. The maximum absolute atomic E-state index is 11.8. The van der Waals surface area contributed by atoms with E-state index < -0.39 is 5.60 Å². The predicted molar refractivity (Wildman–Crippen MR) is 82.9 cm³/mol. The summed E-state index contributed by atoms with van der Waals surface area (Å²) >= 11 is 0. The van der Waals surface area contributed by atoms with Crippen molar-refractivity contribution in [2.75, 3.05) is 6.54 Å². The van der Waals surface area contributed by atoms with Crippen molar-refractivity contribution in [2.24, 2.45) is 5.92 Å². The molecule has 0 aromatic heterocycles. The van der Waals surface area contributed by atoms with Crippen molar-refractivity contribution in [2.45, 2.75) is 84.4 Å². The maximum Gasteiger partial charge on any atom is 0.407 e. The van der Waals surface area contributed by atoms with Gasteiger partial charge in [0, 0.05) is 12.1 Å². The van der Waals surface area contributed by atoms with Gasteiger partial charge >= 0.3 is 6.09 Å². The molecule has 0 heterocycles. The Balaban J connectivity index is 2.28. The van der Waals surface area contributed by atoms with Crippen LogP contribution in [0, 0.1) is 5.92 Å². The SMILES string of the molecule is CC(C)CCNC1CCCC(NC(=O)OC(C)(C)C)C1. The fourth-order valence-corrected chi connectivity index (χ4v) is 2.56. The Morgan fingerprint density at radius 3 is 2.50 bits per heavy atom. The lowest BCUT2D eigenvalue weighted by Crippen LogP contribution is -2.45. The van der Waals surface area contributed by atoms with Gasteiger partial charge in [-0.05, 0) is 65.3 Å². The van der Waals surface area contributed by atoms with Gasteiger partial charge in [-0.1, -0.05) is 13.8 Å². The molecule has 1 aliphatic carbocycles. The number of carbonyl (C=O) groups is 1. The third kappa shape index (κ3) is 7.73. The molecule has 0 saturated heterocycles. The number of rotatable bonds is 5. The zero-order valence-electron chi connectivity index (χ0n) is 13.8. The van der Waals surface area contributed by atoms with Crippen LogP contribution in [0.5, 0.6) is 0 Å². The van der Waals surface area contributed by atoms with E-state index in [4.69, 9.17) is 4.74 Å². The number of hydrogen-bond acceptors (Lipinski definition) is 3. The largest absolute Gasteiger partial charge is 0.444 e. The minimum Gasteiger partial charge on any atom is -0.444 e. The predicted octanol–water partition coefficient (Wildman–Crippen LogP) is 3.46. The first-order valence-corrected chi connectivity index (χ1v) is 7.99. The van der Waals surface area contributed by atoms with E-state index in [1.807, 2.05) is 20.8 Å². The van der Waals surface area contributed by atoms with Crippen LogP contribution in [0.15, 0.2) is 0 Å². The van der Waals surface area contributed by atoms with Crippen molar-refractivity contribution < 1.29 is 9.53 Å². The van der Waals surface area contributed by atoms with Gasteiger partial charge in [-0.25, -0.2) is 4.79 Å². The summed E-state index contributed by atoms with van der Waals surface area (Å²) in [6.07, 6.45) is 5.37. The molecule has 1 saturated carbocycles. The van der Waals surface area contributed by atoms with E-state index in [0.717, 1.165) is 25.3 Å². The van der Waals surface area contributed by atoms with Gasteiger partial charge in [0.2, 0.25) is 0 Å². The van der Waals surface area contributed by atoms with E-state index in [9.17, 15) is 4.79 Å². The molecular formula is C16H32N2O2. The van der Waals surface area contributed by atoms with Crippen LogP contribution in [0.2, 0.25) is 0 Å². The second kappa shape index (κ2) is 7.87. The van der Waals surface area contributed by atoms with Crippen LogP contribution in [-0.2, 0) is 4.74 Å². The summed E-state index contributed by atoms with van der Waals surface area (Å²) in [5, 5.41) is 6.62. The highest BCUT2D eigenvalue weighted by Gasteiger charge is 2.25. The lowest BCUT2D eigenvalue weighted by Gasteiger charge is -2.31. The summed E-state index contributed by atoms with van der Waals surface area (Å²) in [5.74, 6) is 0.738. The van der Waals surface area contributed by atoms with Crippen molar-refractivity contribution in [3.63, 3.8) is 0 Å². The molecule has 2 unspecified atom stereocenters. The van der Waals surface area contributed by atoms with Gasteiger partial charge < -0.3 is 15.4 Å². The van der Waals surface area contributed by atoms with Crippen molar-refractivity contribution in [3.8, 4) is 0 Å². The van der Waals surface area contributed by atoms with E-state index in [1.165, 1.54) is 19.3 Å². The first kappa shape index (κ1) is 17.3. The minimum absolute atomic E-state index is 0.246. The van der Waals surface area contributed by atoms with Crippen LogP contribution < -0.4 is 10.6 Å². The average Bonchev–Trinajstić information content (AvgIpc) is 2.26. The summed E-state index contributed by atoms with van der Waals surface area (Å²) in [6, 6.07) is 0.776. The van der Waals surface area contributed by atoms with E-state index in [0.29, 0.717) is 6.04 Å². The van der Waals surface area contributed by atoms with Crippen LogP contribution in [0.4, 0.5) is 4.79 Å². The summed E-state index contributed by atoms with van der Waals surface area (Å²) < 4.78 is 5.32. The van der Waals surface area contributed by atoms with Crippen LogP contribution in [0.25, 0.3) is 0 Å².